The van der Waals surface area contributed by atoms with Gasteiger partial charge < -0.3 is 0 Å². The highest BCUT2D eigenvalue weighted by atomic mass is 32.1. The molecule has 2 aliphatic rings. The molecule has 0 N–H and O–H groups in total. The van der Waals surface area contributed by atoms with Crippen molar-refractivity contribution in [3.8, 4) is 0 Å². The minimum atomic E-state index is -0.282. The molecule has 3 aromatic heterocycles. The maximum Gasteiger partial charge on any atom is 0.186 e. The summed E-state index contributed by atoms with van der Waals surface area (Å²) < 4.78 is 0. The standard InChI is InChI=1S/C37H38O2S3/c1-21-17-24(18-22(2)34(21)38)33(29-13-12-23(3)41-29)31-15-14-30(42-31)32(28-11-10-16-40-28)25-19-26(36(4,5)6)35(39)27(20-25)37(7,8)9/h10-20H,1-9H3. The van der Waals surface area contributed by atoms with Gasteiger partial charge in [-0.25, -0.2) is 0 Å². The van der Waals surface area contributed by atoms with Gasteiger partial charge in [0.25, 0.3) is 0 Å². The van der Waals surface area contributed by atoms with E-state index in [-0.39, 0.29) is 22.4 Å². The maximum atomic E-state index is 13.7. The van der Waals surface area contributed by atoms with Crippen LogP contribution in [0.15, 0.2) is 99.5 Å². The quantitative estimate of drug-likeness (QED) is 0.294. The van der Waals surface area contributed by atoms with E-state index >= 15 is 0 Å². The van der Waals surface area contributed by atoms with Crippen molar-refractivity contribution in [3.63, 3.8) is 0 Å². The molecule has 0 saturated heterocycles. The molecule has 0 bridgehead atoms. The van der Waals surface area contributed by atoms with E-state index in [9.17, 15) is 9.59 Å². The van der Waals surface area contributed by atoms with E-state index in [0.717, 1.165) is 54.3 Å². The molecule has 3 heterocycles. The molecule has 0 spiro atoms. The number of carbonyl (C=O) groups excluding carboxylic acids is 2. The molecule has 0 atom stereocenters. The fourth-order valence-corrected chi connectivity index (χ4v) is 8.44. The second-order valence-corrected chi connectivity index (χ2v) is 16.5. The summed E-state index contributed by atoms with van der Waals surface area (Å²) in [5.41, 5.74) is 7.12. The number of aryl methyl sites for hydroxylation is 1. The normalized spacial score (nSPS) is 16.3. The third-order valence-corrected chi connectivity index (χ3v) is 10.6. The minimum absolute atomic E-state index is 0.103. The Kier molecular flexibility index (Phi) is 8.08. The van der Waals surface area contributed by atoms with Gasteiger partial charge in [0.15, 0.2) is 11.6 Å². The van der Waals surface area contributed by atoms with E-state index in [0.29, 0.717) is 0 Å². The average Bonchev–Trinajstić information content (AvgIpc) is 3.66. The molecule has 0 unspecified atom stereocenters. The first-order valence-corrected chi connectivity index (χ1v) is 16.8. The monoisotopic (exact) mass is 610 g/mol. The number of carbonyl (C=O) groups is 2. The van der Waals surface area contributed by atoms with E-state index in [1.54, 1.807) is 34.0 Å². The number of hydrogen-bond donors (Lipinski definition) is 0. The lowest BCUT2D eigenvalue weighted by Crippen LogP contribution is -2.28. The Morgan fingerprint density at radius 2 is 1.05 bits per heavy atom. The first kappa shape index (κ1) is 30.3. The summed E-state index contributed by atoms with van der Waals surface area (Å²) in [5.74, 6) is 0.249. The molecule has 0 radical (unpaired) electrons. The van der Waals surface area contributed by atoms with Gasteiger partial charge >= 0.3 is 0 Å². The van der Waals surface area contributed by atoms with Crippen molar-refractivity contribution in [2.24, 2.45) is 10.8 Å². The maximum absolute atomic E-state index is 13.7. The molecule has 216 valence electrons. The van der Waals surface area contributed by atoms with Gasteiger partial charge in [0.1, 0.15) is 0 Å². The summed E-state index contributed by atoms with van der Waals surface area (Å²) in [5, 5.41) is 2.11. The second-order valence-electron chi connectivity index (χ2n) is 13.1. The molecule has 3 aromatic rings. The van der Waals surface area contributed by atoms with Crippen molar-refractivity contribution in [2.75, 3.05) is 0 Å². The van der Waals surface area contributed by atoms with Gasteiger partial charge in [-0.15, -0.1) is 34.0 Å². The molecule has 42 heavy (non-hydrogen) atoms. The van der Waals surface area contributed by atoms with E-state index in [2.05, 4.69) is 102 Å². The van der Waals surface area contributed by atoms with Crippen molar-refractivity contribution in [3.05, 3.63) is 124 Å². The third-order valence-electron chi connectivity index (χ3n) is 7.60. The molecular formula is C37H38O2S3. The van der Waals surface area contributed by atoms with Crippen molar-refractivity contribution in [1.29, 1.82) is 0 Å². The van der Waals surface area contributed by atoms with Gasteiger partial charge in [0.05, 0.1) is 0 Å². The lowest BCUT2D eigenvalue weighted by Gasteiger charge is -2.32. The summed E-state index contributed by atoms with van der Waals surface area (Å²) >= 11 is 5.27. The summed E-state index contributed by atoms with van der Waals surface area (Å²) in [6.45, 7) is 18.7. The fourth-order valence-electron chi connectivity index (χ4n) is 5.39. The predicted octanol–water partition coefficient (Wildman–Crippen LogP) is 10.8. The lowest BCUT2D eigenvalue weighted by atomic mass is 9.71. The van der Waals surface area contributed by atoms with Gasteiger partial charge in [-0.1, -0.05) is 47.6 Å². The number of allylic oxidation sites excluding steroid dienone is 10. The van der Waals surface area contributed by atoms with Crippen LogP contribution in [0.5, 0.6) is 0 Å². The molecule has 5 rings (SSSR count). The van der Waals surface area contributed by atoms with Crippen molar-refractivity contribution < 1.29 is 9.59 Å². The smallest absolute Gasteiger partial charge is 0.186 e. The Labute approximate surface area is 262 Å². The lowest BCUT2D eigenvalue weighted by molar-refractivity contribution is -0.114. The topological polar surface area (TPSA) is 34.1 Å². The highest BCUT2D eigenvalue weighted by Gasteiger charge is 2.35. The first-order chi connectivity index (χ1) is 19.6. The second kappa shape index (κ2) is 11.2. The summed E-state index contributed by atoms with van der Waals surface area (Å²) in [7, 11) is 0. The molecule has 2 aliphatic carbocycles. The zero-order valence-electron chi connectivity index (χ0n) is 25.9. The molecule has 0 aliphatic heterocycles. The van der Waals surface area contributed by atoms with Gasteiger partial charge in [-0.3, -0.25) is 9.59 Å². The summed E-state index contributed by atoms with van der Waals surface area (Å²) in [4.78, 5) is 32.3. The van der Waals surface area contributed by atoms with E-state index in [1.165, 1.54) is 14.6 Å². The largest absolute Gasteiger partial charge is 0.289 e. The fraction of sp³-hybridized carbons (Fsp3) is 0.297. The average molecular weight is 611 g/mol. The Hall–Kier alpha value is -3.12. The van der Waals surface area contributed by atoms with Gasteiger partial charge in [0, 0.05) is 46.7 Å². The Bertz CT molecular complexity index is 1710. The predicted molar refractivity (Wildman–Crippen MR) is 182 cm³/mol. The van der Waals surface area contributed by atoms with Crippen molar-refractivity contribution >= 4 is 56.7 Å². The summed E-state index contributed by atoms with van der Waals surface area (Å²) in [6.07, 6.45) is 8.31. The SMILES string of the molecule is CC1=CC(=C(c2ccc(C)s2)c2ccc(C(=C3C=C(C(C)(C)C)C(=O)C(C(C)(C)C)=C3)c3cccs3)s2)C=C(C)C1=O. The Morgan fingerprint density at radius 1 is 0.571 bits per heavy atom. The zero-order valence-corrected chi connectivity index (χ0v) is 28.3. The number of hydrogen-bond acceptors (Lipinski definition) is 5. The minimum Gasteiger partial charge on any atom is -0.289 e. The third kappa shape index (κ3) is 5.88. The highest BCUT2D eigenvalue weighted by molar-refractivity contribution is 7.17. The highest BCUT2D eigenvalue weighted by Crippen LogP contribution is 2.45. The van der Waals surface area contributed by atoms with E-state index in [4.69, 9.17) is 0 Å². The van der Waals surface area contributed by atoms with Crippen LogP contribution in [-0.2, 0) is 9.59 Å². The Morgan fingerprint density at radius 3 is 1.50 bits per heavy atom. The molecule has 0 fully saturated rings. The van der Waals surface area contributed by atoms with Crippen LogP contribution in [0.25, 0.3) is 11.1 Å². The molecule has 5 heteroatoms. The van der Waals surface area contributed by atoms with Crippen LogP contribution in [0.2, 0.25) is 0 Å². The number of Topliss-reactive ketones (excluding diaryl/α,β-unsaturated/α-hetero) is 2. The molecule has 0 saturated carbocycles. The van der Waals surface area contributed by atoms with Crippen molar-refractivity contribution in [1.82, 2.24) is 0 Å². The van der Waals surface area contributed by atoms with Crippen LogP contribution < -0.4 is 0 Å². The molecule has 0 aromatic carbocycles. The molecular weight excluding hydrogens is 573 g/mol. The van der Waals surface area contributed by atoms with E-state index < -0.39 is 0 Å². The Balaban J connectivity index is 1.78. The molecule has 2 nitrogen and oxygen atoms in total. The van der Waals surface area contributed by atoms with Crippen molar-refractivity contribution in [2.45, 2.75) is 62.3 Å². The number of rotatable bonds is 4. The van der Waals surface area contributed by atoms with Gasteiger partial charge in [-0.2, -0.15) is 0 Å². The van der Waals surface area contributed by atoms with Crippen LogP contribution in [-0.4, -0.2) is 11.6 Å². The van der Waals surface area contributed by atoms with Crippen LogP contribution in [0.4, 0.5) is 0 Å². The van der Waals surface area contributed by atoms with E-state index in [1.807, 2.05) is 26.0 Å². The molecule has 0 amide bonds. The summed E-state index contributed by atoms with van der Waals surface area (Å²) in [6, 6.07) is 13.0. The van der Waals surface area contributed by atoms with Gasteiger partial charge in [0.2, 0.25) is 0 Å². The van der Waals surface area contributed by atoms with Gasteiger partial charge in [-0.05, 0) is 114 Å². The number of thiophene rings is 3. The first-order valence-electron chi connectivity index (χ1n) is 14.3. The van der Waals surface area contributed by atoms with Crippen LogP contribution >= 0.6 is 34.0 Å². The van der Waals surface area contributed by atoms with Crippen LogP contribution in [0.3, 0.4) is 0 Å². The zero-order chi connectivity index (χ0) is 30.6. The van der Waals surface area contributed by atoms with Crippen LogP contribution in [0, 0.1) is 17.8 Å². The number of ketones is 2. The van der Waals surface area contributed by atoms with Crippen LogP contribution in [0.1, 0.15) is 79.8 Å².